The Morgan fingerprint density at radius 1 is 1.00 bits per heavy atom. The number of hydrogen-bond acceptors (Lipinski definition) is 3. The molecule has 19 heavy (non-hydrogen) atoms. The van der Waals surface area contributed by atoms with Gasteiger partial charge in [0.25, 0.3) is 0 Å². The van der Waals surface area contributed by atoms with Gasteiger partial charge in [0.05, 0.1) is 6.61 Å². The summed E-state index contributed by atoms with van der Waals surface area (Å²) in [6, 6.07) is 17.5. The van der Waals surface area contributed by atoms with Crippen LogP contribution in [0.4, 0.5) is 10.5 Å². The van der Waals surface area contributed by atoms with Gasteiger partial charge in [-0.1, -0.05) is 42.5 Å². The van der Waals surface area contributed by atoms with Gasteiger partial charge in [-0.3, -0.25) is 5.32 Å². The first-order chi connectivity index (χ1) is 9.29. The first-order valence-electron chi connectivity index (χ1n) is 6.00. The summed E-state index contributed by atoms with van der Waals surface area (Å²) in [5.41, 5.74) is 2.86. The second-order valence-electron chi connectivity index (χ2n) is 3.93. The van der Waals surface area contributed by atoms with Crippen molar-refractivity contribution in [3.05, 3.63) is 54.6 Å². The molecular weight excluding hydrogens is 242 g/mol. The van der Waals surface area contributed by atoms with Crippen molar-refractivity contribution in [3.63, 3.8) is 0 Å². The highest BCUT2D eigenvalue weighted by molar-refractivity contribution is 5.85. The average molecular weight is 257 g/mol. The largest absolute Gasteiger partial charge is 0.447 e. The molecule has 0 bridgehead atoms. The van der Waals surface area contributed by atoms with Crippen molar-refractivity contribution in [2.45, 2.75) is 0 Å². The van der Waals surface area contributed by atoms with E-state index in [1.165, 1.54) is 0 Å². The fraction of sp³-hybridized carbons (Fsp3) is 0.133. The molecule has 0 heterocycles. The topological polar surface area (TPSA) is 58.6 Å². The van der Waals surface area contributed by atoms with Gasteiger partial charge in [-0.15, -0.1) is 0 Å². The van der Waals surface area contributed by atoms with Gasteiger partial charge in [0.2, 0.25) is 0 Å². The van der Waals surface area contributed by atoms with E-state index in [1.807, 2.05) is 54.6 Å². The number of benzene rings is 2. The Bertz CT molecular complexity index is 523. The van der Waals surface area contributed by atoms with Crippen LogP contribution in [0, 0.1) is 0 Å². The number of nitrogens with one attached hydrogen (secondary N) is 1. The molecule has 2 aromatic rings. The summed E-state index contributed by atoms with van der Waals surface area (Å²) in [4.78, 5) is 11.3. The van der Waals surface area contributed by atoms with E-state index in [2.05, 4.69) is 5.32 Å². The minimum Gasteiger partial charge on any atom is -0.447 e. The molecule has 0 aliphatic rings. The predicted molar refractivity (Wildman–Crippen MR) is 73.9 cm³/mol. The highest BCUT2D eigenvalue weighted by Crippen LogP contribution is 2.20. The number of hydrogen-bond donors (Lipinski definition) is 2. The minimum atomic E-state index is -0.568. The summed E-state index contributed by atoms with van der Waals surface area (Å²) in [7, 11) is 0. The van der Waals surface area contributed by atoms with Crippen molar-refractivity contribution >= 4 is 11.8 Å². The highest BCUT2D eigenvalue weighted by Gasteiger charge is 2.03. The zero-order valence-corrected chi connectivity index (χ0v) is 10.4. The molecule has 0 aliphatic heterocycles. The standard InChI is InChI=1S/C15H15NO3/c17-10-11-19-15(18)16-14-8-6-13(7-9-14)12-4-2-1-3-5-12/h1-9,17H,10-11H2,(H,16,18). The molecule has 0 fully saturated rings. The Hall–Kier alpha value is -2.33. The number of carbonyl (C=O) groups excluding carboxylic acids is 1. The van der Waals surface area contributed by atoms with Gasteiger partial charge in [-0.2, -0.15) is 0 Å². The van der Waals surface area contributed by atoms with Crippen molar-refractivity contribution in [3.8, 4) is 11.1 Å². The lowest BCUT2D eigenvalue weighted by Gasteiger charge is -2.07. The van der Waals surface area contributed by atoms with Crippen LogP contribution in [0.3, 0.4) is 0 Å². The van der Waals surface area contributed by atoms with Crippen molar-refractivity contribution < 1.29 is 14.6 Å². The summed E-state index contributed by atoms with van der Waals surface area (Å²) in [5.74, 6) is 0. The molecule has 2 rings (SSSR count). The normalized spacial score (nSPS) is 9.95. The lowest BCUT2D eigenvalue weighted by Crippen LogP contribution is -2.15. The molecule has 0 atom stereocenters. The van der Waals surface area contributed by atoms with Crippen LogP contribution >= 0.6 is 0 Å². The van der Waals surface area contributed by atoms with Crippen LogP contribution in [-0.2, 0) is 4.74 Å². The average Bonchev–Trinajstić information content (AvgIpc) is 2.47. The molecule has 0 saturated carbocycles. The van der Waals surface area contributed by atoms with E-state index in [4.69, 9.17) is 9.84 Å². The molecule has 2 aromatic carbocycles. The molecule has 98 valence electrons. The number of carbonyl (C=O) groups is 1. The van der Waals surface area contributed by atoms with Crippen LogP contribution in [0.15, 0.2) is 54.6 Å². The van der Waals surface area contributed by atoms with E-state index < -0.39 is 6.09 Å². The molecule has 4 nitrogen and oxygen atoms in total. The summed E-state index contributed by atoms with van der Waals surface area (Å²) >= 11 is 0. The molecule has 2 N–H and O–H groups in total. The molecule has 1 amide bonds. The van der Waals surface area contributed by atoms with Crippen LogP contribution in [0.2, 0.25) is 0 Å². The van der Waals surface area contributed by atoms with Crippen LogP contribution < -0.4 is 5.32 Å². The minimum absolute atomic E-state index is 0.00602. The second-order valence-corrected chi connectivity index (χ2v) is 3.93. The Labute approximate surface area is 111 Å². The summed E-state index contributed by atoms with van der Waals surface area (Å²) in [6.45, 7) is -0.186. The van der Waals surface area contributed by atoms with Gasteiger partial charge in [0.15, 0.2) is 0 Å². The van der Waals surface area contributed by atoms with Gasteiger partial charge in [-0.25, -0.2) is 4.79 Å². The molecule has 0 aromatic heterocycles. The highest BCUT2D eigenvalue weighted by atomic mass is 16.6. The number of anilines is 1. The quantitative estimate of drug-likeness (QED) is 0.885. The Balaban J connectivity index is 2.01. The Morgan fingerprint density at radius 3 is 2.26 bits per heavy atom. The maximum atomic E-state index is 11.3. The lowest BCUT2D eigenvalue weighted by atomic mass is 10.1. The van der Waals surface area contributed by atoms with E-state index in [0.29, 0.717) is 5.69 Å². The summed E-state index contributed by atoms with van der Waals surface area (Å²) in [6.07, 6.45) is -0.568. The van der Waals surface area contributed by atoms with E-state index in [1.54, 1.807) is 0 Å². The van der Waals surface area contributed by atoms with Gasteiger partial charge >= 0.3 is 6.09 Å². The third-order valence-corrected chi connectivity index (χ3v) is 2.56. The number of aliphatic hydroxyl groups excluding tert-OH is 1. The maximum Gasteiger partial charge on any atom is 0.411 e. The third kappa shape index (κ3) is 3.82. The van der Waals surface area contributed by atoms with E-state index in [0.717, 1.165) is 11.1 Å². The molecular formula is C15H15NO3. The lowest BCUT2D eigenvalue weighted by molar-refractivity contribution is 0.131. The van der Waals surface area contributed by atoms with Crippen molar-refractivity contribution in [2.24, 2.45) is 0 Å². The fourth-order valence-electron chi connectivity index (χ4n) is 1.67. The van der Waals surface area contributed by atoms with Crippen LogP contribution in [0.1, 0.15) is 0 Å². The molecule has 0 unspecified atom stereocenters. The van der Waals surface area contributed by atoms with Gasteiger partial charge < -0.3 is 9.84 Å². The van der Waals surface area contributed by atoms with E-state index in [-0.39, 0.29) is 13.2 Å². The van der Waals surface area contributed by atoms with Gasteiger partial charge in [0, 0.05) is 5.69 Å². The SMILES string of the molecule is O=C(Nc1ccc(-c2ccccc2)cc1)OCCO. The first-order valence-corrected chi connectivity index (χ1v) is 6.00. The van der Waals surface area contributed by atoms with Crippen LogP contribution in [0.25, 0.3) is 11.1 Å². The summed E-state index contributed by atoms with van der Waals surface area (Å²) < 4.78 is 4.71. The van der Waals surface area contributed by atoms with Crippen molar-refractivity contribution in [2.75, 3.05) is 18.5 Å². The monoisotopic (exact) mass is 257 g/mol. The molecule has 0 radical (unpaired) electrons. The molecule has 0 saturated heterocycles. The molecule has 4 heteroatoms. The van der Waals surface area contributed by atoms with Crippen molar-refractivity contribution in [1.29, 1.82) is 0 Å². The third-order valence-electron chi connectivity index (χ3n) is 2.56. The number of aliphatic hydroxyl groups is 1. The Kier molecular flexibility index (Phi) is 4.53. The van der Waals surface area contributed by atoms with Gasteiger partial charge in [0.1, 0.15) is 6.61 Å². The van der Waals surface area contributed by atoms with Crippen LogP contribution in [-0.4, -0.2) is 24.4 Å². The Morgan fingerprint density at radius 2 is 1.63 bits per heavy atom. The second kappa shape index (κ2) is 6.56. The van der Waals surface area contributed by atoms with Gasteiger partial charge in [-0.05, 0) is 23.3 Å². The zero-order chi connectivity index (χ0) is 13.5. The van der Waals surface area contributed by atoms with Crippen molar-refractivity contribution in [1.82, 2.24) is 0 Å². The van der Waals surface area contributed by atoms with E-state index >= 15 is 0 Å². The summed E-state index contributed by atoms with van der Waals surface area (Å²) in [5, 5.41) is 11.1. The number of amides is 1. The first kappa shape index (κ1) is 13.1. The molecule has 0 aliphatic carbocycles. The number of rotatable bonds is 4. The smallest absolute Gasteiger partial charge is 0.411 e. The molecule has 0 spiro atoms. The maximum absolute atomic E-state index is 11.3. The van der Waals surface area contributed by atoms with Crippen LogP contribution in [0.5, 0.6) is 0 Å². The fourth-order valence-corrected chi connectivity index (χ4v) is 1.67. The predicted octanol–water partition coefficient (Wildman–Crippen LogP) is 2.89. The van der Waals surface area contributed by atoms with E-state index in [9.17, 15) is 4.79 Å². The zero-order valence-electron chi connectivity index (χ0n) is 10.4. The number of ether oxygens (including phenoxy) is 1.